The van der Waals surface area contributed by atoms with E-state index in [9.17, 15) is 0 Å². The topological polar surface area (TPSA) is 46.0 Å². The van der Waals surface area contributed by atoms with Gasteiger partial charge in [-0.2, -0.15) is 0 Å². The van der Waals surface area contributed by atoms with Gasteiger partial charge < -0.3 is 10.2 Å². The molecule has 2 aromatic heterocycles. The maximum atomic E-state index is 4.08. The lowest BCUT2D eigenvalue weighted by Crippen LogP contribution is -2.14. The Kier molecular flexibility index (Phi) is 2.59. The Morgan fingerprint density at radius 2 is 2.20 bits per heavy atom. The lowest BCUT2D eigenvalue weighted by molar-refractivity contribution is 0.873. The number of hydrogen-bond donors (Lipinski definition) is 1. The molecular formula is C9H13N5S. The summed E-state index contributed by atoms with van der Waals surface area (Å²) in [6, 6.07) is 4.00. The molecule has 0 aliphatic rings. The second-order valence-electron chi connectivity index (χ2n) is 3.38. The zero-order chi connectivity index (χ0) is 10.8. The van der Waals surface area contributed by atoms with Crippen LogP contribution in [-0.4, -0.2) is 28.9 Å². The molecule has 0 aromatic carbocycles. The molecule has 0 spiro atoms. The summed E-state index contributed by atoms with van der Waals surface area (Å²) in [5, 5.41) is 14.4. The fraction of sp³-hybridized carbons (Fsp3) is 0.333. The third kappa shape index (κ3) is 1.94. The Morgan fingerprint density at radius 3 is 2.73 bits per heavy atom. The van der Waals surface area contributed by atoms with Crippen molar-refractivity contribution >= 4 is 28.2 Å². The van der Waals surface area contributed by atoms with Crippen molar-refractivity contribution in [3.63, 3.8) is 0 Å². The number of nitrogens with zero attached hydrogens (tertiary/aromatic N) is 4. The molecule has 6 heteroatoms. The first-order valence-corrected chi connectivity index (χ1v) is 5.43. The number of hydrogen-bond acceptors (Lipinski definition) is 5. The molecule has 0 aliphatic carbocycles. The van der Waals surface area contributed by atoms with E-state index < -0.39 is 0 Å². The van der Waals surface area contributed by atoms with Crippen LogP contribution in [0.5, 0.6) is 0 Å². The molecule has 15 heavy (non-hydrogen) atoms. The molecule has 2 heterocycles. The van der Waals surface area contributed by atoms with E-state index in [-0.39, 0.29) is 0 Å². The lowest BCUT2D eigenvalue weighted by atomic mass is 10.6. The molecule has 2 aromatic rings. The molecule has 0 amide bonds. The average molecular weight is 223 g/mol. The number of anilines is 3. The highest BCUT2D eigenvalue weighted by Gasteiger charge is 2.09. The van der Waals surface area contributed by atoms with E-state index in [1.165, 1.54) is 0 Å². The van der Waals surface area contributed by atoms with Gasteiger partial charge in [0.05, 0.1) is 5.00 Å². The van der Waals surface area contributed by atoms with Gasteiger partial charge in [-0.1, -0.05) is 0 Å². The van der Waals surface area contributed by atoms with Gasteiger partial charge in [0.2, 0.25) is 11.9 Å². The molecule has 5 nitrogen and oxygen atoms in total. The van der Waals surface area contributed by atoms with E-state index in [0.29, 0.717) is 0 Å². The molecule has 0 bridgehead atoms. The van der Waals surface area contributed by atoms with Crippen LogP contribution in [0.25, 0.3) is 0 Å². The largest absolute Gasteiger partial charge is 0.347 e. The molecule has 1 N–H and O–H groups in total. The molecule has 0 saturated carbocycles. The summed E-state index contributed by atoms with van der Waals surface area (Å²) in [5.41, 5.74) is 0. The highest BCUT2D eigenvalue weighted by Crippen LogP contribution is 2.21. The summed E-state index contributed by atoms with van der Waals surface area (Å²) < 4.78 is 1.92. The summed E-state index contributed by atoms with van der Waals surface area (Å²) in [6.45, 7) is 0. The smallest absolute Gasteiger partial charge is 0.230 e. The van der Waals surface area contributed by atoms with Crippen molar-refractivity contribution in [3.8, 4) is 0 Å². The third-order valence-electron chi connectivity index (χ3n) is 2.01. The molecule has 0 atom stereocenters. The second kappa shape index (κ2) is 3.90. The first-order valence-electron chi connectivity index (χ1n) is 4.55. The number of nitrogens with one attached hydrogen (secondary N) is 1. The quantitative estimate of drug-likeness (QED) is 0.860. The van der Waals surface area contributed by atoms with Gasteiger partial charge in [0.25, 0.3) is 0 Å². The van der Waals surface area contributed by atoms with E-state index in [4.69, 9.17) is 0 Å². The highest BCUT2D eigenvalue weighted by molar-refractivity contribution is 7.14. The second-order valence-corrected chi connectivity index (χ2v) is 4.33. The van der Waals surface area contributed by atoms with Gasteiger partial charge in [-0.25, -0.2) is 0 Å². The summed E-state index contributed by atoms with van der Waals surface area (Å²) >= 11 is 1.64. The summed E-state index contributed by atoms with van der Waals surface area (Å²) in [4.78, 5) is 1.92. The Balaban J connectivity index is 2.23. The van der Waals surface area contributed by atoms with E-state index in [1.54, 1.807) is 11.3 Å². The predicted octanol–water partition coefficient (Wildman–Crippen LogP) is 1.69. The van der Waals surface area contributed by atoms with E-state index in [0.717, 1.165) is 16.9 Å². The monoisotopic (exact) mass is 223 g/mol. The molecule has 0 aliphatic heterocycles. The maximum absolute atomic E-state index is 4.08. The minimum Gasteiger partial charge on any atom is -0.347 e. The van der Waals surface area contributed by atoms with E-state index in [2.05, 4.69) is 15.5 Å². The highest BCUT2D eigenvalue weighted by atomic mass is 32.1. The molecule has 0 fully saturated rings. The van der Waals surface area contributed by atoms with Crippen LogP contribution in [0.1, 0.15) is 0 Å². The van der Waals surface area contributed by atoms with Crippen LogP contribution in [0.3, 0.4) is 0 Å². The Labute approximate surface area is 92.4 Å². The predicted molar refractivity (Wildman–Crippen MR) is 62.9 cm³/mol. The van der Waals surface area contributed by atoms with E-state index >= 15 is 0 Å². The van der Waals surface area contributed by atoms with Gasteiger partial charge in [-0.05, 0) is 17.5 Å². The fourth-order valence-corrected chi connectivity index (χ4v) is 1.89. The van der Waals surface area contributed by atoms with Crippen molar-refractivity contribution in [2.24, 2.45) is 7.05 Å². The first-order chi connectivity index (χ1) is 7.18. The summed E-state index contributed by atoms with van der Waals surface area (Å²) in [6.07, 6.45) is 0. The number of rotatable bonds is 3. The molecule has 0 radical (unpaired) electrons. The van der Waals surface area contributed by atoms with Crippen molar-refractivity contribution in [2.75, 3.05) is 24.3 Å². The molecule has 0 unspecified atom stereocenters. The van der Waals surface area contributed by atoms with E-state index in [1.807, 2.05) is 48.1 Å². The minimum absolute atomic E-state index is 0.751. The van der Waals surface area contributed by atoms with Gasteiger partial charge in [0.1, 0.15) is 0 Å². The van der Waals surface area contributed by atoms with Gasteiger partial charge in [0.15, 0.2) is 0 Å². The standard InChI is InChI=1S/C9H13N5S/c1-13(2)9-12-11-8(14(9)3)10-7-5-4-6-15-7/h4-6H,1-3H3,(H,10,11). The Morgan fingerprint density at radius 1 is 1.40 bits per heavy atom. The lowest BCUT2D eigenvalue weighted by Gasteiger charge is -2.10. The van der Waals surface area contributed by atoms with Crippen molar-refractivity contribution in [3.05, 3.63) is 17.5 Å². The summed E-state index contributed by atoms with van der Waals surface area (Å²) in [5.74, 6) is 1.58. The van der Waals surface area contributed by atoms with Crippen molar-refractivity contribution < 1.29 is 0 Å². The minimum atomic E-state index is 0.751. The molecule has 80 valence electrons. The van der Waals surface area contributed by atoms with Crippen molar-refractivity contribution in [1.29, 1.82) is 0 Å². The number of aromatic nitrogens is 3. The van der Waals surface area contributed by atoms with Crippen LogP contribution >= 0.6 is 11.3 Å². The Hall–Kier alpha value is -1.56. The van der Waals surface area contributed by atoms with Gasteiger partial charge in [-0.15, -0.1) is 21.5 Å². The molecule has 2 rings (SSSR count). The zero-order valence-corrected chi connectivity index (χ0v) is 9.75. The van der Waals surface area contributed by atoms with Crippen molar-refractivity contribution in [1.82, 2.24) is 14.8 Å². The SMILES string of the molecule is CN(C)c1nnc(Nc2cccs2)n1C. The Bertz CT molecular complexity index is 431. The van der Waals surface area contributed by atoms with Crippen LogP contribution < -0.4 is 10.2 Å². The zero-order valence-electron chi connectivity index (χ0n) is 8.93. The van der Waals surface area contributed by atoms with Gasteiger partial charge in [0, 0.05) is 21.1 Å². The van der Waals surface area contributed by atoms with Crippen LogP contribution in [0.2, 0.25) is 0 Å². The van der Waals surface area contributed by atoms with Crippen molar-refractivity contribution in [2.45, 2.75) is 0 Å². The molecule has 0 saturated heterocycles. The van der Waals surface area contributed by atoms with Crippen LogP contribution in [-0.2, 0) is 7.05 Å². The summed E-state index contributed by atoms with van der Waals surface area (Å²) in [7, 11) is 5.82. The van der Waals surface area contributed by atoms with Crippen LogP contribution in [0.15, 0.2) is 17.5 Å². The average Bonchev–Trinajstić information content (AvgIpc) is 2.78. The normalized spacial score (nSPS) is 10.3. The third-order valence-corrected chi connectivity index (χ3v) is 2.79. The molecular weight excluding hydrogens is 210 g/mol. The fourth-order valence-electron chi connectivity index (χ4n) is 1.28. The van der Waals surface area contributed by atoms with Gasteiger partial charge in [-0.3, -0.25) is 4.57 Å². The first kappa shape index (κ1) is 9.97. The number of thiophene rings is 1. The van der Waals surface area contributed by atoms with Crippen LogP contribution in [0.4, 0.5) is 16.9 Å². The van der Waals surface area contributed by atoms with Gasteiger partial charge >= 0.3 is 0 Å². The maximum Gasteiger partial charge on any atom is 0.230 e. The van der Waals surface area contributed by atoms with Crippen LogP contribution in [0, 0.1) is 0 Å².